The number of hydrogen-bond acceptors (Lipinski definition) is 6. The molecule has 3 N–H and O–H groups in total. The highest BCUT2D eigenvalue weighted by molar-refractivity contribution is 7.90. The van der Waals surface area contributed by atoms with Gasteiger partial charge in [0.2, 0.25) is 0 Å². The van der Waals surface area contributed by atoms with Gasteiger partial charge in [-0.15, -0.1) is 0 Å². The van der Waals surface area contributed by atoms with Gasteiger partial charge in [0.15, 0.2) is 9.84 Å². The lowest BCUT2D eigenvalue weighted by Gasteiger charge is -2.22. The van der Waals surface area contributed by atoms with Crippen molar-refractivity contribution in [3.63, 3.8) is 0 Å². The van der Waals surface area contributed by atoms with Gasteiger partial charge in [-0.05, 0) is 41.8 Å². The zero-order valence-electron chi connectivity index (χ0n) is 18.0. The molecule has 0 radical (unpaired) electrons. The molecule has 0 unspecified atom stereocenters. The van der Waals surface area contributed by atoms with Gasteiger partial charge in [0.25, 0.3) is 5.91 Å². The fourth-order valence-electron chi connectivity index (χ4n) is 4.56. The fourth-order valence-corrected chi connectivity index (χ4v) is 5.97. The summed E-state index contributed by atoms with van der Waals surface area (Å²) in [5, 5.41) is 11.8. The lowest BCUT2D eigenvalue weighted by Crippen LogP contribution is -2.23. The fraction of sp³-hybridized carbons (Fsp3) is 0.167. The van der Waals surface area contributed by atoms with Crippen molar-refractivity contribution in [2.45, 2.75) is 18.7 Å². The van der Waals surface area contributed by atoms with Gasteiger partial charge in [0.05, 0.1) is 41.0 Å². The molecule has 0 atom stereocenters. The van der Waals surface area contributed by atoms with Gasteiger partial charge in [-0.25, -0.2) is 18.4 Å². The second-order valence-corrected chi connectivity index (χ2v) is 10.5. The molecule has 9 nitrogen and oxygen atoms in total. The number of aromatic amines is 2. The van der Waals surface area contributed by atoms with Crippen LogP contribution in [0.2, 0.25) is 0 Å². The van der Waals surface area contributed by atoms with Gasteiger partial charge in [0, 0.05) is 34.3 Å². The van der Waals surface area contributed by atoms with Crippen molar-refractivity contribution in [2.75, 3.05) is 5.75 Å². The number of imidazole rings is 1. The summed E-state index contributed by atoms with van der Waals surface area (Å²) in [6.07, 6.45) is 5.52. The molecule has 0 saturated carbocycles. The van der Waals surface area contributed by atoms with Crippen LogP contribution >= 0.6 is 0 Å². The summed E-state index contributed by atoms with van der Waals surface area (Å²) in [5.41, 5.74) is 5.31. The Bertz CT molecular complexity index is 1660. The van der Waals surface area contributed by atoms with Crippen molar-refractivity contribution in [1.29, 1.82) is 0 Å². The van der Waals surface area contributed by atoms with Crippen molar-refractivity contribution in [3.05, 3.63) is 77.5 Å². The Labute approximate surface area is 194 Å². The number of nitrogens with zero attached hydrogens (tertiary/aromatic N) is 3. The lowest BCUT2D eigenvalue weighted by molar-refractivity contribution is 0.0950. The number of nitrogens with one attached hydrogen (secondary N) is 3. The number of amides is 1. The minimum absolute atomic E-state index is 0.0553. The number of benzene rings is 2. The van der Waals surface area contributed by atoms with Crippen LogP contribution in [0.15, 0.2) is 55.0 Å². The van der Waals surface area contributed by atoms with Gasteiger partial charge in [0.1, 0.15) is 5.82 Å². The number of aromatic nitrogens is 5. The zero-order valence-corrected chi connectivity index (χ0v) is 18.8. The molecule has 0 aliphatic carbocycles. The number of aryl methyl sites for hydroxylation is 1. The van der Waals surface area contributed by atoms with Gasteiger partial charge < -0.3 is 10.3 Å². The molecule has 0 saturated heterocycles. The van der Waals surface area contributed by atoms with Crippen LogP contribution in [0, 0.1) is 0 Å². The zero-order chi connectivity index (χ0) is 23.3. The first-order chi connectivity index (χ1) is 16.5. The van der Waals surface area contributed by atoms with E-state index in [4.69, 9.17) is 4.98 Å². The Kier molecular flexibility index (Phi) is 4.70. The van der Waals surface area contributed by atoms with Gasteiger partial charge in [-0.2, -0.15) is 5.10 Å². The average molecular weight is 473 g/mol. The van der Waals surface area contributed by atoms with E-state index in [2.05, 4.69) is 25.5 Å². The quantitative estimate of drug-likeness (QED) is 0.368. The number of pyridine rings is 1. The van der Waals surface area contributed by atoms with E-state index in [-0.39, 0.29) is 17.4 Å². The van der Waals surface area contributed by atoms with Crippen LogP contribution in [0.3, 0.4) is 0 Å². The van der Waals surface area contributed by atoms with E-state index in [9.17, 15) is 13.2 Å². The van der Waals surface area contributed by atoms with E-state index in [0.717, 1.165) is 38.5 Å². The summed E-state index contributed by atoms with van der Waals surface area (Å²) in [6, 6.07) is 10.9. The third kappa shape index (κ3) is 3.52. The molecule has 6 rings (SSSR count). The van der Waals surface area contributed by atoms with Crippen molar-refractivity contribution in [2.24, 2.45) is 0 Å². The highest BCUT2D eigenvalue weighted by Gasteiger charge is 2.28. The molecule has 2 aromatic carbocycles. The van der Waals surface area contributed by atoms with Crippen LogP contribution < -0.4 is 5.32 Å². The lowest BCUT2D eigenvalue weighted by atomic mass is 9.94. The Morgan fingerprint density at radius 3 is 2.74 bits per heavy atom. The van der Waals surface area contributed by atoms with Crippen LogP contribution in [-0.4, -0.2) is 45.2 Å². The van der Waals surface area contributed by atoms with Crippen LogP contribution in [0.1, 0.15) is 27.3 Å². The smallest absolute Gasteiger partial charge is 0.251 e. The number of rotatable bonds is 4. The van der Waals surface area contributed by atoms with Crippen molar-refractivity contribution < 1.29 is 13.2 Å². The van der Waals surface area contributed by atoms with Gasteiger partial charge in [-0.3, -0.25) is 9.89 Å². The van der Waals surface area contributed by atoms with E-state index in [1.54, 1.807) is 30.7 Å². The van der Waals surface area contributed by atoms with Crippen molar-refractivity contribution in [3.8, 4) is 11.3 Å². The Morgan fingerprint density at radius 2 is 1.94 bits per heavy atom. The van der Waals surface area contributed by atoms with E-state index in [0.29, 0.717) is 30.0 Å². The minimum Gasteiger partial charge on any atom is -0.347 e. The van der Waals surface area contributed by atoms with E-state index in [1.165, 1.54) is 0 Å². The highest BCUT2D eigenvalue weighted by Crippen LogP contribution is 2.37. The number of H-pyrrole nitrogens is 2. The van der Waals surface area contributed by atoms with Crippen LogP contribution in [0.25, 0.3) is 33.1 Å². The molecule has 5 aromatic rings. The largest absolute Gasteiger partial charge is 0.347 e. The van der Waals surface area contributed by atoms with E-state index >= 15 is 0 Å². The first kappa shape index (κ1) is 20.5. The maximum absolute atomic E-state index is 12.6. The topological polar surface area (TPSA) is 133 Å². The Morgan fingerprint density at radius 1 is 1.09 bits per heavy atom. The van der Waals surface area contributed by atoms with Crippen molar-refractivity contribution >= 4 is 37.6 Å². The molecule has 1 amide bonds. The van der Waals surface area contributed by atoms with Gasteiger partial charge >= 0.3 is 0 Å². The van der Waals surface area contributed by atoms with E-state index < -0.39 is 9.84 Å². The minimum atomic E-state index is -3.22. The molecular formula is C24H20N6O3S. The van der Waals surface area contributed by atoms with Crippen LogP contribution in [-0.2, 0) is 28.6 Å². The monoisotopic (exact) mass is 472 g/mol. The predicted octanol–water partition coefficient (Wildman–Crippen LogP) is 2.90. The molecule has 1 aliphatic heterocycles. The average Bonchev–Trinajstić information content (AvgIpc) is 3.53. The number of fused-ring (bicyclic) bond motifs is 5. The molecule has 0 spiro atoms. The third-order valence-corrected chi connectivity index (χ3v) is 7.76. The maximum atomic E-state index is 12.6. The third-order valence-electron chi connectivity index (χ3n) is 6.21. The molecule has 4 heterocycles. The molecule has 34 heavy (non-hydrogen) atoms. The molecule has 1 aliphatic rings. The summed E-state index contributed by atoms with van der Waals surface area (Å²) < 4.78 is 25.1. The van der Waals surface area contributed by atoms with E-state index in [1.807, 2.05) is 24.3 Å². The summed E-state index contributed by atoms with van der Waals surface area (Å²) >= 11 is 0. The molecule has 0 fully saturated rings. The Hall–Kier alpha value is -4.05. The number of sulfone groups is 1. The molecule has 170 valence electrons. The SMILES string of the molecule is O=C(NCc1ncc[nH]1)c1ccc(-c2nc3ccc4[nH]ncc4c3c3c2CS(=O)(=O)CC3)cc1. The maximum Gasteiger partial charge on any atom is 0.251 e. The summed E-state index contributed by atoms with van der Waals surface area (Å²) in [7, 11) is -3.22. The summed E-state index contributed by atoms with van der Waals surface area (Å²) in [5.74, 6) is 0.508. The highest BCUT2D eigenvalue weighted by atomic mass is 32.2. The Balaban J connectivity index is 1.42. The second-order valence-electron chi connectivity index (χ2n) is 8.35. The van der Waals surface area contributed by atoms with Gasteiger partial charge in [-0.1, -0.05) is 12.1 Å². The number of hydrogen-bond donors (Lipinski definition) is 3. The first-order valence-corrected chi connectivity index (χ1v) is 12.7. The molecule has 3 aromatic heterocycles. The molecular weight excluding hydrogens is 452 g/mol. The standard InChI is InChI=1S/C24H20N6O3S/c31-24(27-12-21-25-8-9-26-21)15-3-1-14(2-4-15)23-18-13-34(32,33)10-7-16(18)22-17-11-28-30-19(17)5-6-20(22)29-23/h1-6,8-9,11H,7,10,12-13H2,(H,25,26)(H,27,31)(H,28,30). The normalized spacial score (nSPS) is 14.8. The molecule has 0 bridgehead atoms. The number of carbonyl (C=O) groups excluding carboxylic acids is 1. The first-order valence-electron chi connectivity index (χ1n) is 10.8. The number of carbonyl (C=O) groups is 1. The van der Waals surface area contributed by atoms with Crippen molar-refractivity contribution in [1.82, 2.24) is 30.5 Å². The summed E-state index contributed by atoms with van der Waals surface area (Å²) in [6.45, 7) is 0.299. The van der Waals surface area contributed by atoms with Crippen LogP contribution in [0.4, 0.5) is 0 Å². The molecule has 10 heteroatoms. The van der Waals surface area contributed by atoms with Crippen LogP contribution in [0.5, 0.6) is 0 Å². The summed E-state index contributed by atoms with van der Waals surface area (Å²) in [4.78, 5) is 24.4. The second kappa shape index (κ2) is 7.77. The predicted molar refractivity (Wildman–Crippen MR) is 128 cm³/mol.